The second-order valence-electron chi connectivity index (χ2n) is 4.39. The van der Waals surface area contributed by atoms with Crippen LogP contribution in [-0.4, -0.2) is 25.3 Å². The second kappa shape index (κ2) is 6.11. The van der Waals surface area contributed by atoms with Crippen LogP contribution in [0, 0.1) is 5.92 Å². The molecule has 1 fully saturated rings. The van der Waals surface area contributed by atoms with Gasteiger partial charge in [-0.05, 0) is 25.7 Å². The SMILES string of the molecule is CCC(C)C(=O)OC1CCCC(OC)C1. The third-order valence-electron chi connectivity index (χ3n) is 3.21. The molecule has 3 atom stereocenters. The molecule has 0 aliphatic heterocycles. The summed E-state index contributed by atoms with van der Waals surface area (Å²) in [5.74, 6) is -0.0350. The van der Waals surface area contributed by atoms with Crippen LogP contribution in [0.25, 0.3) is 0 Å². The van der Waals surface area contributed by atoms with Gasteiger partial charge < -0.3 is 9.47 Å². The first-order valence-electron chi connectivity index (χ1n) is 5.90. The smallest absolute Gasteiger partial charge is 0.308 e. The molecule has 0 saturated heterocycles. The number of carbonyl (C=O) groups is 1. The van der Waals surface area contributed by atoms with E-state index in [1.54, 1.807) is 7.11 Å². The zero-order valence-electron chi connectivity index (χ0n) is 9.99. The van der Waals surface area contributed by atoms with Gasteiger partial charge in [0.1, 0.15) is 6.10 Å². The average Bonchev–Trinajstić information content (AvgIpc) is 2.28. The highest BCUT2D eigenvalue weighted by Gasteiger charge is 2.25. The summed E-state index contributed by atoms with van der Waals surface area (Å²) < 4.78 is 10.8. The first-order chi connectivity index (χ1) is 7.17. The number of carbonyl (C=O) groups excluding carboxylic acids is 1. The van der Waals surface area contributed by atoms with Gasteiger partial charge in [0.2, 0.25) is 0 Å². The fraction of sp³-hybridized carbons (Fsp3) is 0.917. The van der Waals surface area contributed by atoms with E-state index in [2.05, 4.69) is 0 Å². The fourth-order valence-corrected chi connectivity index (χ4v) is 1.87. The van der Waals surface area contributed by atoms with Crippen LogP contribution < -0.4 is 0 Å². The van der Waals surface area contributed by atoms with Crippen molar-refractivity contribution in [2.45, 2.75) is 58.2 Å². The Bertz CT molecular complexity index is 203. The summed E-state index contributed by atoms with van der Waals surface area (Å²) >= 11 is 0. The molecule has 0 radical (unpaired) electrons. The van der Waals surface area contributed by atoms with E-state index in [9.17, 15) is 4.79 Å². The van der Waals surface area contributed by atoms with E-state index in [1.807, 2.05) is 13.8 Å². The van der Waals surface area contributed by atoms with Crippen LogP contribution in [0.5, 0.6) is 0 Å². The highest BCUT2D eigenvalue weighted by Crippen LogP contribution is 2.24. The highest BCUT2D eigenvalue weighted by molar-refractivity contribution is 5.72. The van der Waals surface area contributed by atoms with E-state index in [0.717, 1.165) is 32.1 Å². The fourth-order valence-electron chi connectivity index (χ4n) is 1.87. The number of rotatable bonds is 4. The molecule has 1 saturated carbocycles. The Kier molecular flexibility index (Phi) is 5.09. The molecular formula is C12H22O3. The molecule has 15 heavy (non-hydrogen) atoms. The molecule has 3 unspecified atom stereocenters. The Labute approximate surface area is 92.1 Å². The van der Waals surface area contributed by atoms with Gasteiger partial charge in [-0.3, -0.25) is 4.79 Å². The van der Waals surface area contributed by atoms with E-state index in [0.29, 0.717) is 0 Å². The summed E-state index contributed by atoms with van der Waals surface area (Å²) in [4.78, 5) is 11.6. The average molecular weight is 214 g/mol. The van der Waals surface area contributed by atoms with Crippen molar-refractivity contribution in [3.8, 4) is 0 Å². The number of hydrogen-bond donors (Lipinski definition) is 0. The van der Waals surface area contributed by atoms with Gasteiger partial charge in [-0.15, -0.1) is 0 Å². The van der Waals surface area contributed by atoms with Gasteiger partial charge in [0.05, 0.1) is 12.0 Å². The Morgan fingerprint density at radius 3 is 2.67 bits per heavy atom. The van der Waals surface area contributed by atoms with Crippen molar-refractivity contribution in [2.24, 2.45) is 5.92 Å². The molecule has 1 aliphatic rings. The molecule has 1 aliphatic carbocycles. The maximum Gasteiger partial charge on any atom is 0.308 e. The monoisotopic (exact) mass is 214 g/mol. The predicted octanol–water partition coefficient (Wildman–Crippen LogP) is 2.53. The summed E-state index contributed by atoms with van der Waals surface area (Å²) in [5, 5.41) is 0. The van der Waals surface area contributed by atoms with E-state index >= 15 is 0 Å². The summed E-state index contributed by atoms with van der Waals surface area (Å²) in [6, 6.07) is 0. The highest BCUT2D eigenvalue weighted by atomic mass is 16.5. The quantitative estimate of drug-likeness (QED) is 0.675. The summed E-state index contributed by atoms with van der Waals surface area (Å²) in [5.41, 5.74) is 0. The van der Waals surface area contributed by atoms with Gasteiger partial charge in [-0.2, -0.15) is 0 Å². The maximum atomic E-state index is 11.6. The standard InChI is InChI=1S/C12H22O3/c1-4-9(2)12(13)15-11-7-5-6-10(8-11)14-3/h9-11H,4-8H2,1-3H3. The van der Waals surface area contributed by atoms with E-state index in [4.69, 9.17) is 9.47 Å². The lowest BCUT2D eigenvalue weighted by molar-refractivity contribution is -0.157. The van der Waals surface area contributed by atoms with Crippen LogP contribution in [0.3, 0.4) is 0 Å². The van der Waals surface area contributed by atoms with Gasteiger partial charge in [0, 0.05) is 13.5 Å². The van der Waals surface area contributed by atoms with Crippen LogP contribution >= 0.6 is 0 Å². The van der Waals surface area contributed by atoms with Crippen molar-refractivity contribution in [2.75, 3.05) is 7.11 Å². The van der Waals surface area contributed by atoms with Gasteiger partial charge >= 0.3 is 5.97 Å². The first-order valence-corrected chi connectivity index (χ1v) is 5.90. The van der Waals surface area contributed by atoms with Crippen molar-refractivity contribution >= 4 is 5.97 Å². The number of ether oxygens (including phenoxy) is 2. The zero-order valence-corrected chi connectivity index (χ0v) is 9.99. The molecule has 0 aromatic carbocycles. The molecule has 0 N–H and O–H groups in total. The molecule has 0 heterocycles. The second-order valence-corrected chi connectivity index (χ2v) is 4.39. The largest absolute Gasteiger partial charge is 0.462 e. The normalized spacial score (nSPS) is 28.5. The lowest BCUT2D eigenvalue weighted by atomic mass is 9.95. The third kappa shape index (κ3) is 3.82. The molecule has 0 aromatic rings. The minimum Gasteiger partial charge on any atom is -0.462 e. The summed E-state index contributed by atoms with van der Waals surface area (Å²) in [6.07, 6.45) is 5.23. The number of methoxy groups -OCH3 is 1. The summed E-state index contributed by atoms with van der Waals surface area (Å²) in [6.45, 7) is 3.92. The van der Waals surface area contributed by atoms with Crippen LogP contribution in [0.1, 0.15) is 46.0 Å². The maximum absolute atomic E-state index is 11.6. The lowest BCUT2D eigenvalue weighted by Crippen LogP contribution is -2.30. The van der Waals surface area contributed by atoms with Crippen molar-refractivity contribution in [3.63, 3.8) is 0 Å². The molecular weight excluding hydrogens is 192 g/mol. The van der Waals surface area contributed by atoms with Gasteiger partial charge in [0.15, 0.2) is 0 Å². The molecule has 88 valence electrons. The molecule has 0 amide bonds. The third-order valence-corrected chi connectivity index (χ3v) is 3.21. The van der Waals surface area contributed by atoms with Crippen molar-refractivity contribution in [1.29, 1.82) is 0 Å². The van der Waals surface area contributed by atoms with Gasteiger partial charge in [-0.1, -0.05) is 13.8 Å². The Morgan fingerprint density at radius 1 is 1.40 bits per heavy atom. The predicted molar refractivity (Wildman–Crippen MR) is 58.6 cm³/mol. The van der Waals surface area contributed by atoms with Crippen molar-refractivity contribution < 1.29 is 14.3 Å². The molecule has 0 bridgehead atoms. The Hall–Kier alpha value is -0.570. The zero-order chi connectivity index (χ0) is 11.3. The van der Waals surface area contributed by atoms with Gasteiger partial charge in [0.25, 0.3) is 0 Å². The van der Waals surface area contributed by atoms with Crippen LogP contribution in [0.15, 0.2) is 0 Å². The molecule has 3 nitrogen and oxygen atoms in total. The summed E-state index contributed by atoms with van der Waals surface area (Å²) in [7, 11) is 1.73. The van der Waals surface area contributed by atoms with Crippen LogP contribution in [-0.2, 0) is 14.3 Å². The minimum atomic E-state index is -0.0562. The topological polar surface area (TPSA) is 35.5 Å². The molecule has 3 heteroatoms. The first kappa shape index (κ1) is 12.5. The number of esters is 1. The van der Waals surface area contributed by atoms with E-state index < -0.39 is 0 Å². The van der Waals surface area contributed by atoms with E-state index in [-0.39, 0.29) is 24.1 Å². The van der Waals surface area contributed by atoms with Crippen LogP contribution in [0.2, 0.25) is 0 Å². The van der Waals surface area contributed by atoms with E-state index in [1.165, 1.54) is 0 Å². The number of hydrogen-bond acceptors (Lipinski definition) is 3. The molecule has 0 spiro atoms. The lowest BCUT2D eigenvalue weighted by Gasteiger charge is -2.28. The van der Waals surface area contributed by atoms with Crippen molar-refractivity contribution in [3.05, 3.63) is 0 Å². The Morgan fingerprint density at radius 2 is 2.07 bits per heavy atom. The Balaban J connectivity index is 2.34. The minimum absolute atomic E-state index is 0.0212. The van der Waals surface area contributed by atoms with Crippen LogP contribution in [0.4, 0.5) is 0 Å². The molecule has 0 aromatic heterocycles. The van der Waals surface area contributed by atoms with Crippen molar-refractivity contribution in [1.82, 2.24) is 0 Å². The molecule has 1 rings (SSSR count). The van der Waals surface area contributed by atoms with Gasteiger partial charge in [-0.25, -0.2) is 0 Å².